The molecule has 1 atom stereocenters. The molecule has 0 aliphatic rings. The van der Waals surface area contributed by atoms with Crippen molar-refractivity contribution in [2.24, 2.45) is 0 Å². The van der Waals surface area contributed by atoms with Gasteiger partial charge in [0.15, 0.2) is 5.12 Å². The quantitative estimate of drug-likeness (QED) is 0.423. The van der Waals surface area contributed by atoms with Crippen molar-refractivity contribution in [2.75, 3.05) is 13.3 Å². The number of alkyl halides is 1. The maximum absolute atomic E-state index is 10.8. The molecule has 0 saturated carbocycles. The van der Waals surface area contributed by atoms with Gasteiger partial charge in [-0.3, -0.25) is 0 Å². The summed E-state index contributed by atoms with van der Waals surface area (Å²) < 4.78 is 10.8. The summed E-state index contributed by atoms with van der Waals surface area (Å²) >= 11 is 5.32. The van der Waals surface area contributed by atoms with E-state index in [0.717, 1.165) is 0 Å². The van der Waals surface area contributed by atoms with Crippen molar-refractivity contribution in [3.63, 3.8) is 0 Å². The number of halogens is 1. The number of nitriles is 1. The molecule has 46 valence electrons. The second-order valence-electron chi connectivity index (χ2n) is 1.90. The van der Waals surface area contributed by atoms with Gasteiger partial charge in [0.1, 0.15) is 7.14 Å². The average Bonchev–Trinajstić information content (AvgIpc) is 1.62. The van der Waals surface area contributed by atoms with Crippen LogP contribution in [0.25, 0.3) is 0 Å². The maximum atomic E-state index is 10.8. The van der Waals surface area contributed by atoms with Crippen LogP contribution in [-0.2, 0) is 4.57 Å². The summed E-state index contributed by atoms with van der Waals surface area (Å²) in [4.78, 5) is 0. The highest BCUT2D eigenvalue weighted by Crippen LogP contribution is 2.43. The van der Waals surface area contributed by atoms with Gasteiger partial charge in [0.2, 0.25) is 0 Å². The number of rotatable bonds is 1. The third kappa shape index (κ3) is 2.35. The number of nitrogens with zero attached hydrogens (tertiary/aromatic N) is 1. The first-order valence-corrected chi connectivity index (χ1v) is 5.17. The van der Waals surface area contributed by atoms with Gasteiger partial charge in [0.05, 0.1) is 6.07 Å². The Hall–Kier alpha value is 0.0100. The molecule has 0 fully saturated rings. The summed E-state index contributed by atoms with van der Waals surface area (Å²) in [5, 5.41) is 7.30. The molecule has 8 heavy (non-hydrogen) atoms. The molecule has 0 aliphatic carbocycles. The second kappa shape index (κ2) is 2.53. The van der Waals surface area contributed by atoms with Gasteiger partial charge in [-0.25, -0.2) is 0 Å². The Morgan fingerprint density at radius 1 is 1.75 bits per heavy atom. The first kappa shape index (κ1) is 8.01. The summed E-state index contributed by atoms with van der Waals surface area (Å²) in [6.45, 7) is 2.99. The van der Waals surface area contributed by atoms with Crippen molar-refractivity contribution in [1.82, 2.24) is 0 Å². The van der Waals surface area contributed by atoms with Crippen molar-refractivity contribution in [1.29, 1.82) is 5.26 Å². The van der Waals surface area contributed by atoms with Gasteiger partial charge in [-0.2, -0.15) is 5.26 Å². The Bertz CT molecular complexity index is 156. The van der Waals surface area contributed by atoms with Crippen molar-refractivity contribution in [2.45, 2.75) is 5.12 Å². The molecule has 0 rings (SSSR count). The maximum Gasteiger partial charge on any atom is 0.172 e. The van der Waals surface area contributed by atoms with E-state index in [2.05, 4.69) is 0 Å². The Morgan fingerprint density at radius 3 is 2.12 bits per heavy atom. The topological polar surface area (TPSA) is 40.9 Å². The fraction of sp³-hybridized carbons (Fsp3) is 0.750. The Morgan fingerprint density at radius 2 is 2.12 bits per heavy atom. The molecule has 0 N–H and O–H groups in total. The van der Waals surface area contributed by atoms with Crippen LogP contribution >= 0.6 is 18.7 Å². The Kier molecular flexibility index (Phi) is 2.53. The zero-order valence-electron chi connectivity index (χ0n) is 4.76. The lowest BCUT2D eigenvalue weighted by molar-refractivity contribution is 0.583. The van der Waals surface area contributed by atoms with Gasteiger partial charge in [-0.05, 0) is 13.3 Å². The summed E-state index contributed by atoms with van der Waals surface area (Å²) in [6.07, 6.45) is 0. The smallest absolute Gasteiger partial charge is 0.172 e. The molecular weight excluding hydrogens is 144 g/mol. The highest BCUT2D eigenvalue weighted by molar-refractivity contribution is 7.65. The molecule has 0 aromatic heterocycles. The molecule has 0 saturated heterocycles. The van der Waals surface area contributed by atoms with Gasteiger partial charge in [0, 0.05) is 0 Å². The molecular formula is C4H7ClNOP. The van der Waals surface area contributed by atoms with E-state index in [1.165, 1.54) is 13.3 Å². The number of hydrogen-bond acceptors (Lipinski definition) is 2. The van der Waals surface area contributed by atoms with E-state index >= 15 is 0 Å². The molecule has 0 bridgehead atoms. The van der Waals surface area contributed by atoms with Gasteiger partial charge in [-0.15, -0.1) is 0 Å². The van der Waals surface area contributed by atoms with E-state index in [4.69, 9.17) is 16.9 Å². The molecule has 1 unspecified atom stereocenters. The van der Waals surface area contributed by atoms with E-state index in [0.29, 0.717) is 0 Å². The van der Waals surface area contributed by atoms with E-state index in [1.54, 1.807) is 6.07 Å². The SMILES string of the molecule is CP(C)(=O)C(Cl)C#N. The minimum Gasteiger partial charge on any atom is -0.322 e. The van der Waals surface area contributed by atoms with Crippen LogP contribution in [0.5, 0.6) is 0 Å². The van der Waals surface area contributed by atoms with E-state index < -0.39 is 12.3 Å². The van der Waals surface area contributed by atoms with Crippen LogP contribution in [0.1, 0.15) is 0 Å². The van der Waals surface area contributed by atoms with Crippen LogP contribution in [0.2, 0.25) is 0 Å². The summed E-state index contributed by atoms with van der Waals surface area (Å²) in [6, 6.07) is 1.71. The first-order valence-electron chi connectivity index (χ1n) is 2.07. The van der Waals surface area contributed by atoms with Gasteiger partial charge >= 0.3 is 0 Å². The van der Waals surface area contributed by atoms with Gasteiger partial charge in [-0.1, -0.05) is 11.6 Å². The van der Waals surface area contributed by atoms with Crippen LogP contribution in [0.15, 0.2) is 0 Å². The van der Waals surface area contributed by atoms with Crippen molar-refractivity contribution < 1.29 is 4.57 Å². The zero-order valence-corrected chi connectivity index (χ0v) is 6.41. The Balaban J connectivity index is 4.09. The summed E-state index contributed by atoms with van der Waals surface area (Å²) in [7, 11) is -2.35. The van der Waals surface area contributed by atoms with Crippen molar-refractivity contribution in [3.8, 4) is 6.07 Å². The predicted molar refractivity (Wildman–Crippen MR) is 34.7 cm³/mol. The van der Waals surface area contributed by atoms with Crippen molar-refractivity contribution >= 4 is 18.7 Å². The third-order valence-electron chi connectivity index (χ3n) is 0.652. The van der Waals surface area contributed by atoms with Gasteiger partial charge < -0.3 is 4.57 Å². The largest absolute Gasteiger partial charge is 0.322 e. The third-order valence-corrected chi connectivity index (χ3v) is 3.37. The van der Waals surface area contributed by atoms with Crippen LogP contribution in [0.3, 0.4) is 0 Å². The highest BCUT2D eigenvalue weighted by Gasteiger charge is 2.18. The predicted octanol–water partition coefficient (Wildman–Crippen LogP) is 1.70. The minimum absolute atomic E-state index is 0.817. The molecule has 0 heterocycles. The van der Waals surface area contributed by atoms with E-state index in [1.807, 2.05) is 0 Å². The molecule has 0 amide bonds. The van der Waals surface area contributed by atoms with E-state index in [-0.39, 0.29) is 0 Å². The first-order chi connectivity index (χ1) is 3.48. The molecule has 0 radical (unpaired) electrons. The molecule has 0 aliphatic heterocycles. The lowest BCUT2D eigenvalue weighted by atomic mass is 10.9. The lowest BCUT2D eigenvalue weighted by Crippen LogP contribution is -1.91. The van der Waals surface area contributed by atoms with E-state index in [9.17, 15) is 4.57 Å². The molecule has 4 heteroatoms. The molecule has 2 nitrogen and oxygen atoms in total. The zero-order chi connectivity index (χ0) is 6.78. The minimum atomic E-state index is -2.35. The standard InChI is InChI=1S/C4H7ClNOP/c1-8(2,7)4(5)3-6/h4H,1-2H3. The van der Waals surface area contributed by atoms with Crippen LogP contribution < -0.4 is 0 Å². The Labute approximate surface area is 53.8 Å². The lowest BCUT2D eigenvalue weighted by Gasteiger charge is -2.03. The van der Waals surface area contributed by atoms with Crippen LogP contribution in [0.4, 0.5) is 0 Å². The monoisotopic (exact) mass is 151 g/mol. The summed E-state index contributed by atoms with van der Waals surface area (Å²) in [5.41, 5.74) is 0. The summed E-state index contributed by atoms with van der Waals surface area (Å²) in [5.74, 6) is 0. The van der Waals surface area contributed by atoms with Gasteiger partial charge in [0.25, 0.3) is 0 Å². The fourth-order valence-corrected chi connectivity index (χ4v) is 0.417. The number of hydrogen-bond donors (Lipinski definition) is 0. The highest BCUT2D eigenvalue weighted by atomic mass is 35.5. The molecule has 0 spiro atoms. The molecule has 0 aromatic rings. The van der Waals surface area contributed by atoms with Crippen LogP contribution in [0, 0.1) is 11.3 Å². The van der Waals surface area contributed by atoms with Crippen molar-refractivity contribution in [3.05, 3.63) is 0 Å². The van der Waals surface area contributed by atoms with Crippen LogP contribution in [-0.4, -0.2) is 18.4 Å². The molecule has 0 aromatic carbocycles. The normalized spacial score (nSPS) is 14.8. The average molecular weight is 152 g/mol. The second-order valence-corrected chi connectivity index (χ2v) is 6.02. The fourth-order valence-electron chi connectivity index (χ4n) is 0.139.